The third-order valence-corrected chi connectivity index (χ3v) is 4.37. The van der Waals surface area contributed by atoms with E-state index in [1.165, 1.54) is 11.1 Å². The smallest absolute Gasteiger partial charge is 0.224 e. The Morgan fingerprint density at radius 1 is 1.00 bits per heavy atom. The number of rotatable bonds is 6. The molecule has 3 unspecified atom stereocenters. The average molecular weight is 347 g/mol. The molecule has 0 spiro atoms. The minimum absolute atomic E-state index is 0. The highest BCUT2D eigenvalue weighted by Gasteiger charge is 2.22. The molecule has 2 rings (SSSR count). The number of aryl methyl sites for hydroxylation is 1. The van der Waals surface area contributed by atoms with Gasteiger partial charge in [-0.1, -0.05) is 74.0 Å². The highest BCUT2D eigenvalue weighted by molar-refractivity contribution is 5.85. The van der Waals surface area contributed by atoms with Gasteiger partial charge in [0.15, 0.2) is 0 Å². The molecule has 0 heterocycles. The van der Waals surface area contributed by atoms with Gasteiger partial charge in [-0.2, -0.15) is 0 Å². The molecule has 0 radical (unpaired) electrons. The molecule has 0 saturated carbocycles. The molecule has 24 heavy (non-hydrogen) atoms. The average Bonchev–Trinajstić information content (AvgIpc) is 2.59. The van der Waals surface area contributed by atoms with Crippen LogP contribution in [-0.2, 0) is 4.79 Å². The number of carbonyl (C=O) groups excluding carboxylic acids is 1. The third kappa shape index (κ3) is 5.36. The maximum atomic E-state index is 12.4. The molecule has 3 atom stereocenters. The molecule has 0 bridgehead atoms. The molecule has 2 aromatic carbocycles. The Morgan fingerprint density at radius 2 is 1.58 bits per heavy atom. The maximum Gasteiger partial charge on any atom is 0.224 e. The molecule has 0 aliphatic carbocycles. The zero-order chi connectivity index (χ0) is 16.8. The van der Waals surface area contributed by atoms with E-state index >= 15 is 0 Å². The quantitative estimate of drug-likeness (QED) is 0.831. The van der Waals surface area contributed by atoms with Crippen LogP contribution in [0.3, 0.4) is 0 Å². The Labute approximate surface area is 151 Å². The van der Waals surface area contributed by atoms with Crippen LogP contribution in [0.15, 0.2) is 54.6 Å². The molecular formula is C20H27ClN2O. The number of hydrogen-bond donors (Lipinski definition) is 2. The van der Waals surface area contributed by atoms with Gasteiger partial charge in [-0.05, 0) is 24.0 Å². The van der Waals surface area contributed by atoms with E-state index in [9.17, 15) is 4.79 Å². The van der Waals surface area contributed by atoms with Gasteiger partial charge in [0.1, 0.15) is 0 Å². The topological polar surface area (TPSA) is 55.1 Å². The highest BCUT2D eigenvalue weighted by Crippen LogP contribution is 2.20. The molecule has 3 N–H and O–H groups in total. The Bertz CT molecular complexity index is 628. The fourth-order valence-corrected chi connectivity index (χ4v) is 2.55. The monoisotopic (exact) mass is 346 g/mol. The van der Waals surface area contributed by atoms with Crippen molar-refractivity contribution in [1.82, 2.24) is 5.32 Å². The number of amides is 1. The molecule has 0 aliphatic rings. The van der Waals surface area contributed by atoms with Crippen LogP contribution in [0.4, 0.5) is 0 Å². The van der Waals surface area contributed by atoms with E-state index in [4.69, 9.17) is 5.73 Å². The van der Waals surface area contributed by atoms with Crippen LogP contribution in [-0.4, -0.2) is 12.5 Å². The van der Waals surface area contributed by atoms with Crippen LogP contribution in [0.2, 0.25) is 0 Å². The van der Waals surface area contributed by atoms with Gasteiger partial charge in [-0.3, -0.25) is 4.79 Å². The Kier molecular flexibility index (Phi) is 7.96. The first-order valence-electron chi connectivity index (χ1n) is 8.14. The molecule has 130 valence electrons. The Hall–Kier alpha value is -1.84. The lowest BCUT2D eigenvalue weighted by Crippen LogP contribution is -2.37. The van der Waals surface area contributed by atoms with E-state index in [2.05, 4.69) is 43.4 Å². The van der Waals surface area contributed by atoms with Crippen molar-refractivity contribution in [1.29, 1.82) is 0 Å². The van der Waals surface area contributed by atoms with Crippen molar-refractivity contribution in [2.45, 2.75) is 32.7 Å². The number of carbonyl (C=O) groups is 1. The minimum atomic E-state index is -0.286. The number of hydrogen-bond acceptors (Lipinski definition) is 2. The molecule has 0 aliphatic heterocycles. The predicted molar refractivity (Wildman–Crippen MR) is 102 cm³/mol. The summed E-state index contributed by atoms with van der Waals surface area (Å²) in [6.07, 6.45) is 0. The zero-order valence-electron chi connectivity index (χ0n) is 14.5. The fourth-order valence-electron chi connectivity index (χ4n) is 2.55. The van der Waals surface area contributed by atoms with Crippen molar-refractivity contribution in [2.24, 2.45) is 11.7 Å². The first-order valence-corrected chi connectivity index (χ1v) is 8.14. The van der Waals surface area contributed by atoms with Crippen molar-refractivity contribution in [3.8, 4) is 0 Å². The summed E-state index contributed by atoms with van der Waals surface area (Å²) in [6, 6.07) is 17.9. The highest BCUT2D eigenvalue weighted by atomic mass is 35.5. The number of halogens is 1. The van der Waals surface area contributed by atoms with Gasteiger partial charge in [0.2, 0.25) is 5.91 Å². The van der Waals surface area contributed by atoms with E-state index in [1.807, 2.05) is 37.3 Å². The first kappa shape index (κ1) is 20.2. The standard InChI is InChI=1S/C20H26N2O.ClH/c1-14-9-11-17(12-10-14)15(2)13-22-20(23)16(3)19(21)18-7-5-4-6-8-18;/h4-12,15-16,19H,13,21H2,1-3H3,(H,22,23);1H. The van der Waals surface area contributed by atoms with Gasteiger partial charge < -0.3 is 11.1 Å². The summed E-state index contributed by atoms with van der Waals surface area (Å²) in [5.41, 5.74) is 9.68. The van der Waals surface area contributed by atoms with Gasteiger partial charge in [0.25, 0.3) is 0 Å². The SMILES string of the molecule is Cc1ccc(C(C)CNC(=O)C(C)C(N)c2ccccc2)cc1.Cl. The predicted octanol–water partition coefficient (Wildman–Crippen LogP) is 3.97. The summed E-state index contributed by atoms with van der Waals surface area (Å²) >= 11 is 0. The Balaban J connectivity index is 0.00000288. The summed E-state index contributed by atoms with van der Waals surface area (Å²) in [6.45, 7) is 6.69. The lowest BCUT2D eigenvalue weighted by molar-refractivity contribution is -0.125. The second kappa shape index (κ2) is 9.45. The van der Waals surface area contributed by atoms with Crippen molar-refractivity contribution in [3.63, 3.8) is 0 Å². The maximum absolute atomic E-state index is 12.4. The summed E-state index contributed by atoms with van der Waals surface area (Å²) in [4.78, 5) is 12.4. The second-order valence-corrected chi connectivity index (χ2v) is 6.28. The van der Waals surface area contributed by atoms with Gasteiger partial charge in [-0.25, -0.2) is 0 Å². The fraction of sp³-hybridized carbons (Fsp3) is 0.350. The normalized spacial score (nSPS) is 14.2. The van der Waals surface area contributed by atoms with Crippen LogP contribution in [0.5, 0.6) is 0 Å². The van der Waals surface area contributed by atoms with Crippen molar-refractivity contribution >= 4 is 18.3 Å². The van der Waals surface area contributed by atoms with E-state index in [-0.39, 0.29) is 36.2 Å². The lowest BCUT2D eigenvalue weighted by atomic mass is 9.94. The van der Waals surface area contributed by atoms with Gasteiger partial charge in [-0.15, -0.1) is 12.4 Å². The molecule has 4 heteroatoms. The van der Waals surface area contributed by atoms with Crippen LogP contribution < -0.4 is 11.1 Å². The summed E-state index contributed by atoms with van der Waals surface area (Å²) < 4.78 is 0. The summed E-state index contributed by atoms with van der Waals surface area (Å²) in [5, 5.41) is 3.03. The summed E-state index contributed by atoms with van der Waals surface area (Å²) in [7, 11) is 0. The lowest BCUT2D eigenvalue weighted by Gasteiger charge is -2.21. The summed E-state index contributed by atoms with van der Waals surface area (Å²) in [5.74, 6) is 0.0163. The van der Waals surface area contributed by atoms with Crippen LogP contribution in [0.1, 0.15) is 42.5 Å². The van der Waals surface area contributed by atoms with E-state index in [1.54, 1.807) is 0 Å². The van der Waals surface area contributed by atoms with Crippen LogP contribution >= 0.6 is 12.4 Å². The largest absolute Gasteiger partial charge is 0.355 e. The Morgan fingerprint density at radius 3 is 2.17 bits per heavy atom. The van der Waals surface area contributed by atoms with Crippen molar-refractivity contribution in [2.75, 3.05) is 6.54 Å². The van der Waals surface area contributed by atoms with E-state index in [0.717, 1.165) is 5.56 Å². The zero-order valence-corrected chi connectivity index (χ0v) is 15.3. The number of nitrogens with one attached hydrogen (secondary N) is 1. The number of nitrogens with two attached hydrogens (primary N) is 1. The van der Waals surface area contributed by atoms with Gasteiger partial charge in [0.05, 0.1) is 5.92 Å². The molecule has 0 fully saturated rings. The third-order valence-electron chi connectivity index (χ3n) is 4.37. The number of benzene rings is 2. The second-order valence-electron chi connectivity index (χ2n) is 6.28. The molecule has 0 saturated heterocycles. The van der Waals surface area contributed by atoms with Gasteiger partial charge in [0, 0.05) is 12.6 Å². The van der Waals surface area contributed by atoms with E-state index in [0.29, 0.717) is 6.54 Å². The molecule has 2 aromatic rings. The van der Waals surface area contributed by atoms with Crippen LogP contribution in [0, 0.1) is 12.8 Å². The molecular weight excluding hydrogens is 320 g/mol. The molecule has 0 aromatic heterocycles. The van der Waals surface area contributed by atoms with Crippen LogP contribution in [0.25, 0.3) is 0 Å². The molecule has 3 nitrogen and oxygen atoms in total. The molecule has 1 amide bonds. The van der Waals surface area contributed by atoms with Crippen molar-refractivity contribution < 1.29 is 4.79 Å². The minimum Gasteiger partial charge on any atom is -0.355 e. The first-order chi connectivity index (χ1) is 11.0. The van der Waals surface area contributed by atoms with E-state index < -0.39 is 0 Å². The van der Waals surface area contributed by atoms with Gasteiger partial charge >= 0.3 is 0 Å². The van der Waals surface area contributed by atoms with Crippen molar-refractivity contribution in [3.05, 3.63) is 71.3 Å².